The molecule has 0 fully saturated rings. The number of benzene rings is 2. The van der Waals surface area contributed by atoms with Crippen molar-refractivity contribution in [3.05, 3.63) is 57.5 Å². The molecule has 0 aliphatic carbocycles. The third-order valence-corrected chi connectivity index (χ3v) is 4.77. The lowest BCUT2D eigenvalue weighted by atomic mass is 10.2. The van der Waals surface area contributed by atoms with Crippen LogP contribution in [0.3, 0.4) is 0 Å². The lowest BCUT2D eigenvalue weighted by Gasteiger charge is -2.12. The van der Waals surface area contributed by atoms with Crippen molar-refractivity contribution in [1.82, 2.24) is 5.32 Å². The Morgan fingerprint density at radius 1 is 1.20 bits per heavy atom. The maximum atomic E-state index is 6.34. The molecule has 0 amide bonds. The van der Waals surface area contributed by atoms with Gasteiger partial charge in [-0.15, -0.1) is 0 Å². The topological polar surface area (TPSA) is 12.0 Å². The summed E-state index contributed by atoms with van der Waals surface area (Å²) in [6, 6.07) is 14.4. The standard InChI is InChI=1S/C16H17BrClNS/c1-2-9-19-11-14-15(18)7-4-8-16(14)20-13-6-3-5-12(17)10-13/h3-8,10,19H,2,9,11H2,1H3. The highest BCUT2D eigenvalue weighted by Gasteiger charge is 2.08. The van der Waals surface area contributed by atoms with E-state index >= 15 is 0 Å². The average Bonchev–Trinajstić information content (AvgIpc) is 2.42. The van der Waals surface area contributed by atoms with Crippen LogP contribution in [0.2, 0.25) is 5.02 Å². The molecule has 0 aromatic heterocycles. The van der Waals surface area contributed by atoms with Crippen LogP contribution in [0.25, 0.3) is 0 Å². The first kappa shape index (κ1) is 15.9. The minimum atomic E-state index is 0.809. The van der Waals surface area contributed by atoms with E-state index in [1.54, 1.807) is 11.8 Å². The zero-order valence-corrected chi connectivity index (χ0v) is 14.5. The molecule has 4 heteroatoms. The molecular formula is C16H17BrClNS. The number of rotatable bonds is 6. The zero-order valence-electron chi connectivity index (χ0n) is 11.3. The lowest BCUT2D eigenvalue weighted by molar-refractivity contribution is 0.669. The minimum Gasteiger partial charge on any atom is -0.313 e. The molecule has 106 valence electrons. The van der Waals surface area contributed by atoms with Gasteiger partial charge < -0.3 is 5.32 Å². The van der Waals surface area contributed by atoms with Gasteiger partial charge in [0.25, 0.3) is 0 Å². The molecule has 0 bridgehead atoms. The van der Waals surface area contributed by atoms with Crippen LogP contribution in [0.5, 0.6) is 0 Å². The molecule has 20 heavy (non-hydrogen) atoms. The molecular weight excluding hydrogens is 354 g/mol. The normalized spacial score (nSPS) is 10.8. The summed E-state index contributed by atoms with van der Waals surface area (Å²) >= 11 is 11.6. The van der Waals surface area contributed by atoms with E-state index in [0.717, 1.165) is 29.0 Å². The van der Waals surface area contributed by atoms with Crippen molar-refractivity contribution in [3.63, 3.8) is 0 Å². The van der Waals surface area contributed by atoms with E-state index in [1.165, 1.54) is 15.4 Å². The molecule has 0 saturated heterocycles. The molecule has 0 saturated carbocycles. The first-order valence-electron chi connectivity index (χ1n) is 6.62. The SMILES string of the molecule is CCCNCc1c(Cl)cccc1Sc1cccc(Br)c1. The highest BCUT2D eigenvalue weighted by Crippen LogP contribution is 2.34. The summed E-state index contributed by atoms with van der Waals surface area (Å²) in [7, 11) is 0. The summed E-state index contributed by atoms with van der Waals surface area (Å²) in [5.74, 6) is 0. The van der Waals surface area contributed by atoms with Crippen molar-refractivity contribution in [3.8, 4) is 0 Å². The van der Waals surface area contributed by atoms with E-state index in [0.29, 0.717) is 0 Å². The molecule has 2 aromatic carbocycles. The van der Waals surface area contributed by atoms with Gasteiger partial charge in [-0.05, 0) is 48.9 Å². The molecule has 0 aliphatic heterocycles. The van der Waals surface area contributed by atoms with Crippen molar-refractivity contribution in [1.29, 1.82) is 0 Å². The maximum absolute atomic E-state index is 6.34. The van der Waals surface area contributed by atoms with Crippen LogP contribution in [0, 0.1) is 0 Å². The summed E-state index contributed by atoms with van der Waals surface area (Å²) in [6.45, 7) is 3.98. The smallest absolute Gasteiger partial charge is 0.0462 e. The Hall–Kier alpha value is -0.480. The highest BCUT2D eigenvalue weighted by molar-refractivity contribution is 9.10. The summed E-state index contributed by atoms with van der Waals surface area (Å²) in [6.07, 6.45) is 1.12. The highest BCUT2D eigenvalue weighted by atomic mass is 79.9. The van der Waals surface area contributed by atoms with Gasteiger partial charge in [-0.2, -0.15) is 0 Å². The molecule has 0 radical (unpaired) electrons. The summed E-state index contributed by atoms with van der Waals surface area (Å²) in [4.78, 5) is 2.41. The summed E-state index contributed by atoms with van der Waals surface area (Å²) in [5, 5.41) is 4.25. The third-order valence-electron chi connectivity index (χ3n) is 2.83. The Labute approximate surface area is 138 Å². The van der Waals surface area contributed by atoms with Crippen LogP contribution in [-0.4, -0.2) is 6.54 Å². The monoisotopic (exact) mass is 369 g/mol. The Morgan fingerprint density at radius 3 is 2.75 bits per heavy atom. The number of nitrogens with one attached hydrogen (secondary N) is 1. The van der Waals surface area contributed by atoms with E-state index in [9.17, 15) is 0 Å². The molecule has 0 unspecified atom stereocenters. The van der Waals surface area contributed by atoms with Gasteiger partial charge in [-0.1, -0.05) is 58.3 Å². The van der Waals surface area contributed by atoms with Crippen molar-refractivity contribution >= 4 is 39.3 Å². The van der Waals surface area contributed by atoms with Gasteiger partial charge in [0.15, 0.2) is 0 Å². The second kappa shape index (κ2) is 8.08. The predicted octanol–water partition coefficient (Wildman–Crippen LogP) is 5.75. The molecule has 0 aliphatic rings. The number of hydrogen-bond donors (Lipinski definition) is 1. The Bertz CT molecular complexity index is 574. The fourth-order valence-electron chi connectivity index (χ4n) is 1.85. The van der Waals surface area contributed by atoms with Crippen LogP contribution >= 0.6 is 39.3 Å². The van der Waals surface area contributed by atoms with E-state index in [4.69, 9.17) is 11.6 Å². The summed E-state index contributed by atoms with van der Waals surface area (Å²) in [5.41, 5.74) is 1.17. The van der Waals surface area contributed by atoms with Crippen molar-refractivity contribution in [2.24, 2.45) is 0 Å². The lowest BCUT2D eigenvalue weighted by Crippen LogP contribution is -2.14. The van der Waals surface area contributed by atoms with Crippen LogP contribution in [0.4, 0.5) is 0 Å². The molecule has 1 nitrogen and oxygen atoms in total. The van der Waals surface area contributed by atoms with Crippen LogP contribution in [0.15, 0.2) is 56.7 Å². The van der Waals surface area contributed by atoms with E-state index in [1.807, 2.05) is 24.3 Å². The van der Waals surface area contributed by atoms with Crippen molar-refractivity contribution < 1.29 is 0 Å². The summed E-state index contributed by atoms with van der Waals surface area (Å²) < 4.78 is 1.09. The molecule has 2 rings (SSSR count). The average molecular weight is 371 g/mol. The Balaban J connectivity index is 2.20. The molecule has 1 N–H and O–H groups in total. The second-order valence-corrected chi connectivity index (χ2v) is 6.89. The zero-order chi connectivity index (χ0) is 14.4. The van der Waals surface area contributed by atoms with Crippen LogP contribution in [0.1, 0.15) is 18.9 Å². The van der Waals surface area contributed by atoms with Gasteiger partial charge >= 0.3 is 0 Å². The molecule has 0 heterocycles. The van der Waals surface area contributed by atoms with Gasteiger partial charge in [-0.25, -0.2) is 0 Å². The quantitative estimate of drug-likeness (QED) is 0.649. The number of halogens is 2. The molecule has 0 spiro atoms. The van der Waals surface area contributed by atoms with Crippen LogP contribution < -0.4 is 5.32 Å². The van der Waals surface area contributed by atoms with E-state index in [-0.39, 0.29) is 0 Å². The number of hydrogen-bond acceptors (Lipinski definition) is 2. The van der Waals surface area contributed by atoms with Gasteiger partial charge in [0, 0.05) is 25.8 Å². The Morgan fingerprint density at radius 2 is 2.00 bits per heavy atom. The second-order valence-electron chi connectivity index (χ2n) is 4.45. The van der Waals surface area contributed by atoms with Gasteiger partial charge in [0.1, 0.15) is 0 Å². The molecule has 2 aromatic rings. The predicted molar refractivity (Wildman–Crippen MR) is 91.7 cm³/mol. The van der Waals surface area contributed by atoms with Crippen LogP contribution in [-0.2, 0) is 6.54 Å². The van der Waals surface area contributed by atoms with E-state index in [2.05, 4.69) is 46.4 Å². The van der Waals surface area contributed by atoms with Gasteiger partial charge in [-0.3, -0.25) is 0 Å². The van der Waals surface area contributed by atoms with Gasteiger partial charge in [0.05, 0.1) is 0 Å². The van der Waals surface area contributed by atoms with Crippen molar-refractivity contribution in [2.45, 2.75) is 29.7 Å². The van der Waals surface area contributed by atoms with Crippen molar-refractivity contribution in [2.75, 3.05) is 6.54 Å². The molecule has 0 atom stereocenters. The largest absolute Gasteiger partial charge is 0.313 e. The maximum Gasteiger partial charge on any atom is 0.0462 e. The first-order chi connectivity index (χ1) is 9.70. The third kappa shape index (κ3) is 4.52. The fourth-order valence-corrected chi connectivity index (χ4v) is 3.74. The van der Waals surface area contributed by atoms with E-state index < -0.39 is 0 Å². The van der Waals surface area contributed by atoms with Gasteiger partial charge in [0.2, 0.25) is 0 Å². The fraction of sp³-hybridized carbons (Fsp3) is 0.250. The minimum absolute atomic E-state index is 0.809. The first-order valence-corrected chi connectivity index (χ1v) is 8.61. The Kier molecular flexibility index (Phi) is 6.43.